The molecule has 114 valence electrons. The summed E-state index contributed by atoms with van der Waals surface area (Å²) in [7, 11) is 3.27. The van der Waals surface area contributed by atoms with E-state index < -0.39 is 0 Å². The number of hydrogen-bond acceptors (Lipinski definition) is 4. The van der Waals surface area contributed by atoms with Crippen LogP contribution in [0.15, 0.2) is 18.2 Å². The summed E-state index contributed by atoms with van der Waals surface area (Å²) in [4.78, 5) is 11.9. The molecule has 0 radical (unpaired) electrons. The van der Waals surface area contributed by atoms with Crippen LogP contribution in [0.25, 0.3) is 0 Å². The van der Waals surface area contributed by atoms with Crippen molar-refractivity contribution in [1.82, 2.24) is 10.6 Å². The SMILES string of the molecule is COCCNCCNC(=O)c1ccc(OC)cc1C.Cl. The van der Waals surface area contributed by atoms with Crippen LogP contribution in [0.1, 0.15) is 15.9 Å². The Morgan fingerprint density at radius 2 is 1.95 bits per heavy atom. The zero-order valence-electron chi connectivity index (χ0n) is 12.2. The smallest absolute Gasteiger partial charge is 0.251 e. The molecule has 0 bridgehead atoms. The van der Waals surface area contributed by atoms with Crippen molar-refractivity contribution in [2.24, 2.45) is 0 Å². The maximum absolute atomic E-state index is 11.9. The summed E-state index contributed by atoms with van der Waals surface area (Å²) in [6.45, 7) is 4.67. The van der Waals surface area contributed by atoms with E-state index in [4.69, 9.17) is 9.47 Å². The highest BCUT2D eigenvalue weighted by atomic mass is 35.5. The molecular weight excluding hydrogens is 280 g/mol. The molecule has 1 aromatic rings. The average molecular weight is 303 g/mol. The van der Waals surface area contributed by atoms with Crippen molar-refractivity contribution in [2.45, 2.75) is 6.92 Å². The number of methoxy groups -OCH3 is 2. The summed E-state index contributed by atoms with van der Waals surface area (Å²) in [5.41, 5.74) is 1.59. The Labute approximate surface area is 126 Å². The summed E-state index contributed by atoms with van der Waals surface area (Å²) in [6, 6.07) is 5.42. The molecule has 0 saturated carbocycles. The fourth-order valence-electron chi connectivity index (χ4n) is 1.68. The van der Waals surface area contributed by atoms with Crippen LogP contribution in [0.4, 0.5) is 0 Å². The number of aryl methyl sites for hydroxylation is 1. The Balaban J connectivity index is 0.00000361. The van der Waals surface area contributed by atoms with E-state index in [0.29, 0.717) is 18.7 Å². The van der Waals surface area contributed by atoms with E-state index in [2.05, 4.69) is 10.6 Å². The number of rotatable bonds is 8. The first kappa shape index (κ1) is 18.7. The van der Waals surface area contributed by atoms with Crippen LogP contribution in [0, 0.1) is 6.92 Å². The molecular formula is C14H23ClN2O3. The highest BCUT2D eigenvalue weighted by Crippen LogP contribution is 2.16. The standard InChI is InChI=1S/C14H22N2O3.ClH/c1-11-10-12(19-3)4-5-13(11)14(17)16-7-6-15-8-9-18-2;/h4-5,10,15H,6-9H2,1-3H3,(H,16,17);1H. The first-order chi connectivity index (χ1) is 9.19. The van der Waals surface area contributed by atoms with E-state index in [9.17, 15) is 4.79 Å². The van der Waals surface area contributed by atoms with Crippen LogP contribution in [-0.4, -0.2) is 46.4 Å². The van der Waals surface area contributed by atoms with Gasteiger partial charge in [0.1, 0.15) is 5.75 Å². The van der Waals surface area contributed by atoms with Gasteiger partial charge < -0.3 is 20.1 Å². The van der Waals surface area contributed by atoms with E-state index in [0.717, 1.165) is 24.4 Å². The Kier molecular flexibility index (Phi) is 9.80. The molecule has 1 amide bonds. The Morgan fingerprint density at radius 1 is 1.20 bits per heavy atom. The predicted octanol–water partition coefficient (Wildman–Crippen LogP) is 1.39. The molecule has 0 spiro atoms. The average Bonchev–Trinajstić information content (AvgIpc) is 2.42. The third-order valence-electron chi connectivity index (χ3n) is 2.75. The minimum atomic E-state index is -0.0614. The quantitative estimate of drug-likeness (QED) is 0.713. The van der Waals surface area contributed by atoms with Crippen molar-refractivity contribution in [2.75, 3.05) is 40.5 Å². The normalized spacial score (nSPS) is 9.75. The molecule has 1 aromatic carbocycles. The third kappa shape index (κ3) is 6.23. The first-order valence-electron chi connectivity index (χ1n) is 6.31. The minimum absolute atomic E-state index is 0. The number of nitrogens with one attached hydrogen (secondary N) is 2. The first-order valence-corrected chi connectivity index (χ1v) is 6.31. The van der Waals surface area contributed by atoms with Gasteiger partial charge in [0.05, 0.1) is 13.7 Å². The lowest BCUT2D eigenvalue weighted by molar-refractivity contribution is 0.0953. The Bertz CT molecular complexity index is 413. The second-order valence-corrected chi connectivity index (χ2v) is 4.18. The van der Waals surface area contributed by atoms with E-state index in [1.165, 1.54) is 0 Å². The molecule has 0 aliphatic heterocycles. The molecule has 6 heteroatoms. The lowest BCUT2D eigenvalue weighted by atomic mass is 10.1. The van der Waals surface area contributed by atoms with Crippen LogP contribution < -0.4 is 15.4 Å². The Morgan fingerprint density at radius 3 is 2.55 bits per heavy atom. The molecule has 1 rings (SSSR count). The van der Waals surface area contributed by atoms with Crippen LogP contribution in [0.5, 0.6) is 5.75 Å². The van der Waals surface area contributed by atoms with Gasteiger partial charge in [0.2, 0.25) is 0 Å². The van der Waals surface area contributed by atoms with E-state index in [1.54, 1.807) is 26.4 Å². The largest absolute Gasteiger partial charge is 0.497 e. The van der Waals surface area contributed by atoms with Gasteiger partial charge in [-0.2, -0.15) is 0 Å². The predicted molar refractivity (Wildman–Crippen MR) is 82.1 cm³/mol. The van der Waals surface area contributed by atoms with Gasteiger partial charge in [-0.15, -0.1) is 12.4 Å². The summed E-state index contributed by atoms with van der Waals surface area (Å²) in [6.07, 6.45) is 0. The minimum Gasteiger partial charge on any atom is -0.497 e. The molecule has 0 heterocycles. The maximum atomic E-state index is 11.9. The number of carbonyl (C=O) groups excluding carboxylic acids is 1. The second kappa shape index (κ2) is 10.5. The van der Waals surface area contributed by atoms with Crippen LogP contribution in [0.2, 0.25) is 0 Å². The summed E-state index contributed by atoms with van der Waals surface area (Å²) in [5.74, 6) is 0.698. The van der Waals surface area contributed by atoms with Crippen molar-refractivity contribution in [1.29, 1.82) is 0 Å². The van der Waals surface area contributed by atoms with E-state index >= 15 is 0 Å². The maximum Gasteiger partial charge on any atom is 0.251 e. The lowest BCUT2D eigenvalue weighted by Crippen LogP contribution is -2.33. The Hall–Kier alpha value is -1.30. The lowest BCUT2D eigenvalue weighted by Gasteiger charge is -2.09. The van der Waals surface area contributed by atoms with Gasteiger partial charge in [0.25, 0.3) is 5.91 Å². The molecule has 20 heavy (non-hydrogen) atoms. The molecule has 0 aliphatic rings. The molecule has 5 nitrogen and oxygen atoms in total. The van der Waals surface area contributed by atoms with E-state index in [-0.39, 0.29) is 18.3 Å². The van der Waals surface area contributed by atoms with Gasteiger partial charge in [-0.25, -0.2) is 0 Å². The van der Waals surface area contributed by atoms with Crippen molar-refractivity contribution in [3.63, 3.8) is 0 Å². The zero-order chi connectivity index (χ0) is 14.1. The molecule has 2 N–H and O–H groups in total. The van der Waals surface area contributed by atoms with Crippen molar-refractivity contribution < 1.29 is 14.3 Å². The van der Waals surface area contributed by atoms with Crippen molar-refractivity contribution in [3.05, 3.63) is 29.3 Å². The van der Waals surface area contributed by atoms with Crippen LogP contribution in [0.3, 0.4) is 0 Å². The van der Waals surface area contributed by atoms with Crippen LogP contribution in [-0.2, 0) is 4.74 Å². The molecule has 0 atom stereocenters. The third-order valence-corrected chi connectivity index (χ3v) is 2.75. The van der Waals surface area contributed by atoms with Gasteiger partial charge in [-0.1, -0.05) is 0 Å². The number of benzene rings is 1. The highest BCUT2D eigenvalue weighted by Gasteiger charge is 2.08. The zero-order valence-corrected chi connectivity index (χ0v) is 13.0. The summed E-state index contributed by atoms with van der Waals surface area (Å²) in [5, 5.41) is 6.04. The van der Waals surface area contributed by atoms with Crippen molar-refractivity contribution in [3.8, 4) is 5.75 Å². The molecule has 0 saturated heterocycles. The van der Waals surface area contributed by atoms with Gasteiger partial charge in [-0.05, 0) is 30.7 Å². The molecule has 0 aromatic heterocycles. The monoisotopic (exact) mass is 302 g/mol. The van der Waals surface area contributed by atoms with Crippen molar-refractivity contribution >= 4 is 18.3 Å². The molecule has 0 fully saturated rings. The van der Waals surface area contributed by atoms with Crippen LogP contribution >= 0.6 is 12.4 Å². The van der Waals surface area contributed by atoms with E-state index in [1.807, 2.05) is 13.0 Å². The number of amides is 1. The summed E-state index contributed by atoms with van der Waals surface area (Å²) < 4.78 is 10.0. The highest BCUT2D eigenvalue weighted by molar-refractivity contribution is 5.95. The number of ether oxygens (including phenoxy) is 2. The second-order valence-electron chi connectivity index (χ2n) is 4.18. The number of carbonyl (C=O) groups is 1. The number of hydrogen-bond donors (Lipinski definition) is 2. The van der Waals surface area contributed by atoms with Gasteiger partial charge >= 0.3 is 0 Å². The van der Waals surface area contributed by atoms with Gasteiger partial charge in [-0.3, -0.25) is 4.79 Å². The fourth-order valence-corrected chi connectivity index (χ4v) is 1.68. The van der Waals surface area contributed by atoms with Gasteiger partial charge in [0, 0.05) is 32.3 Å². The number of halogens is 1. The fraction of sp³-hybridized carbons (Fsp3) is 0.500. The summed E-state index contributed by atoms with van der Waals surface area (Å²) >= 11 is 0. The molecule has 0 aliphatic carbocycles. The van der Waals surface area contributed by atoms with Gasteiger partial charge in [0.15, 0.2) is 0 Å². The topological polar surface area (TPSA) is 59.6 Å². The molecule has 0 unspecified atom stereocenters.